The van der Waals surface area contributed by atoms with E-state index < -0.39 is 23.5 Å². The Kier molecular flexibility index (Phi) is 6.89. The molecule has 2 N–H and O–H groups in total. The van der Waals surface area contributed by atoms with E-state index in [2.05, 4.69) is 5.32 Å². The summed E-state index contributed by atoms with van der Waals surface area (Å²) in [5.41, 5.74) is -1.34. The number of carbonyl (C=O) groups excluding carboxylic acids is 2. The second kappa shape index (κ2) is 7.60. The van der Waals surface area contributed by atoms with Gasteiger partial charge in [0.2, 0.25) is 0 Å². The lowest BCUT2D eigenvalue weighted by atomic mass is 9.96. The van der Waals surface area contributed by atoms with E-state index in [4.69, 9.17) is 9.84 Å². The molecule has 0 bridgehead atoms. The molecule has 0 aromatic rings. The second-order valence-corrected chi connectivity index (χ2v) is 4.48. The summed E-state index contributed by atoms with van der Waals surface area (Å²) >= 11 is 0. The zero-order valence-corrected chi connectivity index (χ0v) is 11.9. The van der Waals surface area contributed by atoms with Gasteiger partial charge in [-0.25, -0.2) is 9.59 Å². The van der Waals surface area contributed by atoms with Gasteiger partial charge in [0, 0.05) is 7.05 Å². The van der Waals surface area contributed by atoms with E-state index in [-0.39, 0.29) is 13.2 Å². The first-order chi connectivity index (χ1) is 8.76. The Morgan fingerprint density at radius 2 is 1.89 bits per heavy atom. The lowest BCUT2D eigenvalue weighted by molar-refractivity contribution is -0.144. The minimum Gasteiger partial charge on any atom is -0.480 e. The average Bonchev–Trinajstić information content (AvgIpc) is 2.28. The second-order valence-electron chi connectivity index (χ2n) is 4.48. The van der Waals surface area contributed by atoms with E-state index in [1.807, 2.05) is 6.92 Å². The first-order valence-electron chi connectivity index (χ1n) is 6.19. The van der Waals surface area contributed by atoms with Gasteiger partial charge in [-0.15, -0.1) is 0 Å². The highest BCUT2D eigenvalue weighted by Gasteiger charge is 2.34. The number of hydrogen-bond acceptors (Lipinski definition) is 4. The third kappa shape index (κ3) is 5.58. The number of urea groups is 1. The van der Waals surface area contributed by atoms with E-state index in [0.29, 0.717) is 12.8 Å². The minimum atomic E-state index is -1.34. The van der Waals surface area contributed by atoms with Crippen molar-refractivity contribution in [3.05, 3.63) is 0 Å². The monoisotopic (exact) mass is 274 g/mol. The van der Waals surface area contributed by atoms with Gasteiger partial charge in [0.15, 0.2) is 0 Å². The van der Waals surface area contributed by atoms with Gasteiger partial charge in [0.25, 0.3) is 0 Å². The van der Waals surface area contributed by atoms with Crippen LogP contribution in [0.2, 0.25) is 0 Å². The maximum absolute atomic E-state index is 11.8. The topological polar surface area (TPSA) is 95.9 Å². The number of hydrogen-bond donors (Lipinski definition) is 2. The quantitative estimate of drug-likeness (QED) is 0.670. The molecule has 1 atom stereocenters. The Labute approximate surface area is 112 Å². The number of nitrogens with one attached hydrogen (secondary N) is 1. The summed E-state index contributed by atoms with van der Waals surface area (Å²) in [6, 6.07) is -0.619. The molecule has 1 unspecified atom stereocenters. The fraction of sp³-hybridized carbons (Fsp3) is 0.750. The third-order valence-electron chi connectivity index (χ3n) is 2.62. The maximum atomic E-state index is 11.8. The van der Waals surface area contributed by atoms with Crippen LogP contribution < -0.4 is 5.32 Å². The summed E-state index contributed by atoms with van der Waals surface area (Å²) in [7, 11) is 1.40. The standard InChI is InChI=1S/C12H22N2O5/c1-5-7-12(3,10(16)17)13-11(18)14(4)8-9(15)19-6-2/h5-8H2,1-4H3,(H,13,18)(H,16,17). The number of likely N-dealkylation sites (N-methyl/N-ethyl adjacent to an activating group) is 1. The highest BCUT2D eigenvalue weighted by Crippen LogP contribution is 2.13. The summed E-state index contributed by atoms with van der Waals surface area (Å²) in [4.78, 5) is 35.3. The van der Waals surface area contributed by atoms with Gasteiger partial charge >= 0.3 is 18.0 Å². The number of aliphatic carboxylic acids is 1. The first-order valence-corrected chi connectivity index (χ1v) is 6.19. The SMILES string of the molecule is CCCC(C)(NC(=O)N(C)CC(=O)OCC)C(=O)O. The van der Waals surface area contributed by atoms with Gasteiger partial charge < -0.3 is 20.1 Å². The fourth-order valence-electron chi connectivity index (χ4n) is 1.53. The number of carboxylic acid groups (broad SMARTS) is 1. The van der Waals surface area contributed by atoms with Crippen molar-refractivity contribution in [3.63, 3.8) is 0 Å². The van der Waals surface area contributed by atoms with Gasteiger partial charge in [-0.1, -0.05) is 13.3 Å². The molecule has 7 nitrogen and oxygen atoms in total. The summed E-state index contributed by atoms with van der Waals surface area (Å²) in [5.74, 6) is -1.64. The summed E-state index contributed by atoms with van der Waals surface area (Å²) in [5, 5.41) is 11.6. The smallest absolute Gasteiger partial charge is 0.329 e. The van der Waals surface area contributed by atoms with Crippen molar-refractivity contribution in [3.8, 4) is 0 Å². The molecular weight excluding hydrogens is 252 g/mol. The lowest BCUT2D eigenvalue weighted by Gasteiger charge is -2.28. The Morgan fingerprint density at radius 1 is 1.32 bits per heavy atom. The Morgan fingerprint density at radius 3 is 2.32 bits per heavy atom. The van der Waals surface area contributed by atoms with Crippen molar-refractivity contribution in [2.45, 2.75) is 39.2 Å². The van der Waals surface area contributed by atoms with Crippen molar-refractivity contribution in [1.82, 2.24) is 10.2 Å². The predicted molar refractivity (Wildman–Crippen MR) is 68.7 cm³/mol. The number of ether oxygens (including phenoxy) is 1. The van der Waals surface area contributed by atoms with Crippen LogP contribution in [0.3, 0.4) is 0 Å². The largest absolute Gasteiger partial charge is 0.480 e. The molecule has 0 aromatic carbocycles. The van der Waals surface area contributed by atoms with Crippen molar-refractivity contribution < 1.29 is 24.2 Å². The van der Waals surface area contributed by atoms with Gasteiger partial charge in [-0.05, 0) is 20.3 Å². The molecule has 0 fully saturated rings. The Hall–Kier alpha value is -1.79. The molecule has 0 heterocycles. The molecule has 2 amide bonds. The molecule has 110 valence electrons. The molecule has 0 saturated heterocycles. The zero-order chi connectivity index (χ0) is 15.1. The van der Waals surface area contributed by atoms with E-state index >= 15 is 0 Å². The molecule has 0 radical (unpaired) electrons. The Bertz CT molecular complexity index is 345. The van der Waals surface area contributed by atoms with E-state index in [0.717, 1.165) is 4.90 Å². The van der Waals surface area contributed by atoms with Crippen LogP contribution in [0.5, 0.6) is 0 Å². The normalized spacial score (nSPS) is 13.3. The van der Waals surface area contributed by atoms with Crippen LogP contribution >= 0.6 is 0 Å². The summed E-state index contributed by atoms with van der Waals surface area (Å²) in [6.45, 7) is 4.95. The number of amides is 2. The molecule has 0 aliphatic rings. The predicted octanol–water partition coefficient (Wildman–Crippen LogP) is 0.834. The van der Waals surface area contributed by atoms with Gasteiger partial charge in [-0.2, -0.15) is 0 Å². The first kappa shape index (κ1) is 17.2. The highest BCUT2D eigenvalue weighted by atomic mass is 16.5. The number of esters is 1. The van der Waals surface area contributed by atoms with Gasteiger partial charge in [-0.3, -0.25) is 4.79 Å². The molecule has 7 heteroatoms. The number of nitrogens with zero attached hydrogens (tertiary/aromatic N) is 1. The molecule has 0 aromatic heterocycles. The lowest BCUT2D eigenvalue weighted by Crippen LogP contribution is -2.56. The Balaban J connectivity index is 4.56. The van der Waals surface area contributed by atoms with Crippen LogP contribution in [0.25, 0.3) is 0 Å². The molecule has 0 saturated carbocycles. The number of carboxylic acids is 1. The molecule has 0 aliphatic heterocycles. The maximum Gasteiger partial charge on any atom is 0.329 e. The molecule has 19 heavy (non-hydrogen) atoms. The summed E-state index contributed by atoms with van der Waals surface area (Å²) in [6.07, 6.45) is 0.923. The van der Waals surface area contributed by atoms with Crippen molar-refractivity contribution in [2.24, 2.45) is 0 Å². The zero-order valence-electron chi connectivity index (χ0n) is 11.9. The molecular formula is C12H22N2O5. The molecule has 0 spiro atoms. The summed E-state index contributed by atoms with van der Waals surface area (Å²) < 4.78 is 4.71. The van der Waals surface area contributed by atoms with E-state index in [9.17, 15) is 14.4 Å². The van der Waals surface area contributed by atoms with Crippen LogP contribution in [0.1, 0.15) is 33.6 Å². The van der Waals surface area contributed by atoms with Gasteiger partial charge in [0.05, 0.1) is 6.61 Å². The van der Waals surface area contributed by atoms with Crippen LogP contribution in [0.15, 0.2) is 0 Å². The van der Waals surface area contributed by atoms with Crippen LogP contribution in [0.4, 0.5) is 4.79 Å². The van der Waals surface area contributed by atoms with Crippen molar-refractivity contribution in [2.75, 3.05) is 20.2 Å². The minimum absolute atomic E-state index is 0.221. The fourth-order valence-corrected chi connectivity index (χ4v) is 1.53. The molecule has 0 rings (SSSR count). The number of carbonyl (C=O) groups is 3. The van der Waals surface area contributed by atoms with E-state index in [1.165, 1.54) is 14.0 Å². The average molecular weight is 274 g/mol. The van der Waals surface area contributed by atoms with E-state index in [1.54, 1.807) is 6.92 Å². The van der Waals surface area contributed by atoms with Crippen LogP contribution in [-0.2, 0) is 14.3 Å². The third-order valence-corrected chi connectivity index (χ3v) is 2.62. The van der Waals surface area contributed by atoms with Crippen molar-refractivity contribution in [1.29, 1.82) is 0 Å². The van der Waals surface area contributed by atoms with Gasteiger partial charge in [0.1, 0.15) is 12.1 Å². The highest BCUT2D eigenvalue weighted by molar-refractivity contribution is 5.87. The number of rotatable bonds is 7. The van der Waals surface area contributed by atoms with Crippen molar-refractivity contribution >= 4 is 18.0 Å². The van der Waals surface area contributed by atoms with Crippen LogP contribution in [-0.4, -0.2) is 53.7 Å². The molecule has 0 aliphatic carbocycles. The van der Waals surface area contributed by atoms with Crippen LogP contribution in [0, 0.1) is 0 Å².